The molecule has 0 fully saturated rings. The van der Waals surface area contributed by atoms with Crippen LogP contribution in [0.15, 0.2) is 115 Å². The molecule has 0 saturated heterocycles. The Balaban J connectivity index is 1.74. The molecular formula is C28H25N5. The first-order valence-corrected chi connectivity index (χ1v) is 10.9. The molecule has 0 bridgehead atoms. The first-order chi connectivity index (χ1) is 16.2. The molecule has 1 aromatic heterocycles. The average molecular weight is 432 g/mol. The first kappa shape index (κ1) is 20.6. The number of anilines is 1. The van der Waals surface area contributed by atoms with Crippen LogP contribution in [0.25, 0.3) is 11.4 Å². The van der Waals surface area contributed by atoms with Gasteiger partial charge in [0, 0.05) is 25.3 Å². The number of nitrogens with zero attached hydrogens (tertiary/aromatic N) is 5. The van der Waals surface area contributed by atoms with Gasteiger partial charge in [0.05, 0.1) is 0 Å². The molecule has 0 spiro atoms. The quantitative estimate of drug-likeness (QED) is 0.345. The largest absolute Gasteiger partial charge is 0.378 e. The van der Waals surface area contributed by atoms with Gasteiger partial charge in [-0.25, -0.2) is 0 Å². The Labute approximate surface area is 193 Å². The number of rotatable bonds is 6. The van der Waals surface area contributed by atoms with Gasteiger partial charge >= 0.3 is 0 Å². The molecular weight excluding hydrogens is 406 g/mol. The first-order valence-electron chi connectivity index (χ1n) is 10.9. The van der Waals surface area contributed by atoms with Crippen LogP contribution in [-0.2, 0) is 5.54 Å². The van der Waals surface area contributed by atoms with Gasteiger partial charge in [-0.05, 0) is 46.2 Å². The van der Waals surface area contributed by atoms with Gasteiger partial charge in [0.2, 0.25) is 5.82 Å². The van der Waals surface area contributed by atoms with Crippen molar-refractivity contribution in [3.05, 3.63) is 132 Å². The topological polar surface area (TPSA) is 46.8 Å². The molecule has 0 N–H and O–H groups in total. The summed E-state index contributed by atoms with van der Waals surface area (Å²) in [7, 11) is 4.05. The predicted molar refractivity (Wildman–Crippen MR) is 132 cm³/mol. The summed E-state index contributed by atoms with van der Waals surface area (Å²) in [6.07, 6.45) is 0. The summed E-state index contributed by atoms with van der Waals surface area (Å²) in [6.45, 7) is 0. The molecule has 0 aliphatic heterocycles. The van der Waals surface area contributed by atoms with Crippen molar-refractivity contribution in [2.75, 3.05) is 19.0 Å². The molecule has 0 aliphatic carbocycles. The predicted octanol–water partition coefficient (Wildman–Crippen LogP) is 5.25. The molecule has 5 aromatic rings. The third-order valence-corrected chi connectivity index (χ3v) is 5.93. The van der Waals surface area contributed by atoms with Crippen molar-refractivity contribution in [2.45, 2.75) is 5.54 Å². The van der Waals surface area contributed by atoms with Gasteiger partial charge in [0.25, 0.3) is 0 Å². The average Bonchev–Trinajstić information content (AvgIpc) is 3.37. The minimum absolute atomic E-state index is 0.590. The van der Waals surface area contributed by atoms with Gasteiger partial charge in [0.1, 0.15) is 0 Å². The third-order valence-electron chi connectivity index (χ3n) is 5.93. The Morgan fingerprint density at radius 1 is 0.606 bits per heavy atom. The molecule has 0 saturated carbocycles. The lowest BCUT2D eigenvalue weighted by Crippen LogP contribution is -2.39. The van der Waals surface area contributed by atoms with Crippen molar-refractivity contribution in [3.63, 3.8) is 0 Å². The van der Waals surface area contributed by atoms with E-state index >= 15 is 0 Å². The van der Waals surface area contributed by atoms with Crippen molar-refractivity contribution in [2.24, 2.45) is 0 Å². The summed E-state index contributed by atoms with van der Waals surface area (Å²) in [5.74, 6) is 0.590. The lowest BCUT2D eigenvalue weighted by Gasteiger charge is -2.34. The zero-order chi connectivity index (χ0) is 22.7. The van der Waals surface area contributed by atoms with E-state index in [1.165, 1.54) is 0 Å². The van der Waals surface area contributed by atoms with E-state index in [2.05, 4.69) is 63.7 Å². The molecule has 1 heterocycles. The molecule has 0 radical (unpaired) electrons. The molecule has 4 aromatic carbocycles. The highest BCUT2D eigenvalue weighted by Crippen LogP contribution is 2.39. The monoisotopic (exact) mass is 431 g/mol. The van der Waals surface area contributed by atoms with Gasteiger partial charge in [-0.3, -0.25) is 0 Å². The zero-order valence-electron chi connectivity index (χ0n) is 18.7. The van der Waals surface area contributed by atoms with Crippen LogP contribution >= 0.6 is 0 Å². The number of aromatic nitrogens is 4. The summed E-state index contributed by atoms with van der Waals surface area (Å²) < 4.78 is 0. The maximum atomic E-state index is 4.94. The highest BCUT2D eigenvalue weighted by Gasteiger charge is 2.41. The normalized spacial score (nSPS) is 11.3. The van der Waals surface area contributed by atoms with Gasteiger partial charge in [0.15, 0.2) is 5.54 Å². The van der Waals surface area contributed by atoms with Crippen molar-refractivity contribution >= 4 is 5.69 Å². The van der Waals surface area contributed by atoms with Gasteiger partial charge in [-0.15, -0.1) is 15.0 Å². The smallest absolute Gasteiger partial charge is 0.204 e. The van der Waals surface area contributed by atoms with Crippen LogP contribution in [-0.4, -0.2) is 34.3 Å². The summed E-state index contributed by atoms with van der Waals surface area (Å²) in [4.78, 5) is 3.82. The standard InChI is InChI=1S/C28H25N5/c1-32(2)26-20-18-22(19-21-26)27-29-31-33(30-27)28(23-12-6-3-7-13-23,24-14-8-4-9-15-24)25-16-10-5-11-17-25/h3-21H,1-2H3. The molecule has 0 aliphatic rings. The van der Waals surface area contributed by atoms with Crippen LogP contribution in [0.3, 0.4) is 0 Å². The second kappa shape index (κ2) is 8.71. The van der Waals surface area contributed by atoms with E-state index in [-0.39, 0.29) is 0 Å². The van der Waals surface area contributed by atoms with Crippen LogP contribution in [0, 0.1) is 0 Å². The Morgan fingerprint density at radius 3 is 1.48 bits per heavy atom. The second-order valence-electron chi connectivity index (χ2n) is 8.15. The van der Waals surface area contributed by atoms with E-state index < -0.39 is 5.54 Å². The lowest BCUT2D eigenvalue weighted by molar-refractivity contribution is 0.396. The SMILES string of the molecule is CN(C)c1ccc(-c2nnn(C(c3ccccc3)(c3ccccc3)c3ccccc3)n2)cc1. The Morgan fingerprint density at radius 2 is 1.06 bits per heavy atom. The van der Waals surface area contributed by atoms with Gasteiger partial charge < -0.3 is 4.90 Å². The summed E-state index contributed by atoms with van der Waals surface area (Å²) >= 11 is 0. The second-order valence-corrected chi connectivity index (χ2v) is 8.15. The van der Waals surface area contributed by atoms with Crippen LogP contribution in [0.4, 0.5) is 5.69 Å². The highest BCUT2D eigenvalue weighted by molar-refractivity contribution is 5.60. The fraction of sp³-hybridized carbons (Fsp3) is 0.107. The molecule has 5 rings (SSSR count). The molecule has 0 amide bonds. The van der Waals surface area contributed by atoms with Gasteiger partial charge in [-0.2, -0.15) is 0 Å². The van der Waals surface area contributed by atoms with Crippen LogP contribution in [0.5, 0.6) is 0 Å². The summed E-state index contributed by atoms with van der Waals surface area (Å²) in [6, 6.07) is 39.3. The zero-order valence-corrected chi connectivity index (χ0v) is 18.7. The molecule has 5 heteroatoms. The Bertz CT molecular complexity index is 1210. The number of benzene rings is 4. The van der Waals surface area contributed by atoms with Gasteiger partial charge in [-0.1, -0.05) is 91.0 Å². The minimum atomic E-state index is -0.765. The molecule has 0 atom stereocenters. The third kappa shape index (κ3) is 3.68. The van der Waals surface area contributed by atoms with E-state index in [0.717, 1.165) is 27.9 Å². The lowest BCUT2D eigenvalue weighted by atomic mass is 9.77. The van der Waals surface area contributed by atoms with E-state index in [0.29, 0.717) is 5.82 Å². The number of hydrogen-bond donors (Lipinski definition) is 0. The van der Waals surface area contributed by atoms with Crippen molar-refractivity contribution in [1.29, 1.82) is 0 Å². The minimum Gasteiger partial charge on any atom is -0.378 e. The van der Waals surface area contributed by atoms with Crippen molar-refractivity contribution in [1.82, 2.24) is 20.2 Å². The molecule has 5 nitrogen and oxygen atoms in total. The molecule has 162 valence electrons. The molecule has 33 heavy (non-hydrogen) atoms. The van der Waals surface area contributed by atoms with E-state index in [4.69, 9.17) is 5.10 Å². The Hall–Kier alpha value is -4.25. The molecule has 0 unspecified atom stereocenters. The summed E-state index contributed by atoms with van der Waals surface area (Å²) in [5.41, 5.74) is 4.48. The summed E-state index contributed by atoms with van der Waals surface area (Å²) in [5, 5.41) is 14.0. The van der Waals surface area contributed by atoms with Crippen LogP contribution in [0.1, 0.15) is 16.7 Å². The van der Waals surface area contributed by atoms with E-state index in [9.17, 15) is 0 Å². The Kier molecular flexibility index (Phi) is 5.45. The highest BCUT2D eigenvalue weighted by atomic mass is 15.6. The number of hydrogen-bond acceptors (Lipinski definition) is 4. The van der Waals surface area contributed by atoms with Crippen LogP contribution < -0.4 is 4.90 Å². The fourth-order valence-electron chi connectivity index (χ4n) is 4.27. The maximum Gasteiger partial charge on any atom is 0.204 e. The van der Waals surface area contributed by atoms with Crippen LogP contribution in [0.2, 0.25) is 0 Å². The fourth-order valence-corrected chi connectivity index (χ4v) is 4.27. The van der Waals surface area contributed by atoms with Crippen molar-refractivity contribution in [3.8, 4) is 11.4 Å². The maximum absolute atomic E-state index is 4.94. The van der Waals surface area contributed by atoms with E-state index in [1.807, 2.05) is 80.8 Å². The van der Waals surface area contributed by atoms with Crippen molar-refractivity contribution < 1.29 is 0 Å². The van der Waals surface area contributed by atoms with E-state index in [1.54, 1.807) is 4.80 Å². The number of tetrazole rings is 1.